The van der Waals surface area contributed by atoms with Crippen LogP contribution in [-0.2, 0) is 14.8 Å². The van der Waals surface area contributed by atoms with E-state index < -0.39 is 21.7 Å². The van der Waals surface area contributed by atoms with Crippen LogP contribution in [0.5, 0.6) is 0 Å². The highest BCUT2D eigenvalue weighted by Crippen LogP contribution is 2.44. The Balaban J connectivity index is 1.37. The maximum absolute atomic E-state index is 13.7. The number of thiophene rings is 1. The first-order valence-corrected chi connectivity index (χ1v) is 15.1. The number of thioether (sulfide) groups is 1. The summed E-state index contributed by atoms with van der Waals surface area (Å²) in [7, 11) is -4.18. The number of fused-ring (bicyclic) bond motifs is 2. The number of nitrogens with one attached hydrogen (secondary N) is 1. The molecule has 0 unspecified atom stereocenters. The summed E-state index contributed by atoms with van der Waals surface area (Å²) in [6.07, 6.45) is 2.28. The van der Waals surface area contributed by atoms with Crippen molar-refractivity contribution < 1.29 is 17.6 Å². The third-order valence-electron chi connectivity index (χ3n) is 6.36. The molecule has 192 valence electrons. The number of rotatable bonds is 7. The first-order valence-electron chi connectivity index (χ1n) is 11.8. The van der Waals surface area contributed by atoms with Crippen LogP contribution in [0.1, 0.15) is 24.3 Å². The van der Waals surface area contributed by atoms with Crippen LogP contribution in [-0.4, -0.2) is 29.6 Å². The van der Waals surface area contributed by atoms with Gasteiger partial charge in [-0.25, -0.2) is 22.5 Å². The summed E-state index contributed by atoms with van der Waals surface area (Å²) in [6, 6.07) is 17.8. The Labute approximate surface area is 225 Å². The normalized spacial score (nSPS) is 13.7. The second-order valence-corrected chi connectivity index (χ2v) is 12.5. The lowest BCUT2D eigenvalue weighted by Crippen LogP contribution is -2.32. The third kappa shape index (κ3) is 4.61. The molecule has 1 saturated carbocycles. The van der Waals surface area contributed by atoms with Crippen LogP contribution in [0.25, 0.3) is 26.7 Å². The first-order chi connectivity index (χ1) is 18.3. The van der Waals surface area contributed by atoms with E-state index in [1.165, 1.54) is 21.5 Å². The number of hydrogen-bond donors (Lipinski definition) is 1. The largest absolute Gasteiger partial charge is 0.273 e. The molecule has 2 heterocycles. The summed E-state index contributed by atoms with van der Waals surface area (Å²) < 4.78 is 41.8. The molecule has 38 heavy (non-hydrogen) atoms. The van der Waals surface area contributed by atoms with Crippen LogP contribution >= 0.6 is 23.1 Å². The Morgan fingerprint density at radius 1 is 1.03 bits per heavy atom. The summed E-state index contributed by atoms with van der Waals surface area (Å²) >= 11 is 2.29. The molecule has 0 saturated heterocycles. The molecule has 6 rings (SSSR count). The van der Waals surface area contributed by atoms with Crippen molar-refractivity contribution in [2.75, 3.05) is 5.75 Å². The lowest BCUT2D eigenvalue weighted by molar-refractivity contribution is -0.116. The van der Waals surface area contributed by atoms with Crippen molar-refractivity contribution in [1.29, 1.82) is 0 Å². The molecule has 0 aliphatic heterocycles. The molecule has 1 aliphatic carbocycles. The van der Waals surface area contributed by atoms with Gasteiger partial charge in [-0.15, -0.1) is 11.3 Å². The molecule has 11 heteroatoms. The molecular formula is C27H20FN3O4S3. The predicted molar refractivity (Wildman–Crippen MR) is 147 cm³/mol. The Hall–Kier alpha value is -3.54. The van der Waals surface area contributed by atoms with Crippen LogP contribution in [0.3, 0.4) is 0 Å². The quantitative estimate of drug-likeness (QED) is 0.215. The topological polar surface area (TPSA) is 98.1 Å². The minimum atomic E-state index is -4.18. The van der Waals surface area contributed by atoms with E-state index in [-0.39, 0.29) is 21.4 Å². The molecule has 0 radical (unpaired) electrons. The van der Waals surface area contributed by atoms with Gasteiger partial charge in [0.05, 0.1) is 21.7 Å². The zero-order valence-electron chi connectivity index (χ0n) is 19.8. The summed E-state index contributed by atoms with van der Waals surface area (Å²) in [5.41, 5.74) is 1.64. The molecule has 0 bridgehead atoms. The molecule has 5 aromatic rings. The average molecular weight is 566 g/mol. The summed E-state index contributed by atoms with van der Waals surface area (Å²) in [5.74, 6) is -1.16. The number of carbonyl (C=O) groups excluding carboxylic acids is 1. The molecule has 3 aromatic carbocycles. The fourth-order valence-electron chi connectivity index (χ4n) is 4.44. The van der Waals surface area contributed by atoms with E-state index >= 15 is 0 Å². The number of hydrogen-bond acceptors (Lipinski definition) is 7. The number of amides is 1. The van der Waals surface area contributed by atoms with Gasteiger partial charge in [0.15, 0.2) is 5.16 Å². The van der Waals surface area contributed by atoms with Crippen LogP contribution in [0.2, 0.25) is 0 Å². The fraction of sp³-hybridized carbons (Fsp3) is 0.148. The number of halogens is 1. The van der Waals surface area contributed by atoms with Gasteiger partial charge in [0.2, 0.25) is 5.91 Å². The SMILES string of the molecule is O=C(CSc1nc2sccc2c(=O)n1-c1ccc(C2CC2)c2ccccc12)NS(=O)(=O)c1ccc(F)cc1. The molecule has 1 aliphatic rings. The molecule has 1 fully saturated rings. The molecule has 0 atom stereocenters. The van der Waals surface area contributed by atoms with Gasteiger partial charge < -0.3 is 0 Å². The Kier molecular flexibility index (Phi) is 6.29. The van der Waals surface area contributed by atoms with Crippen molar-refractivity contribution in [3.63, 3.8) is 0 Å². The van der Waals surface area contributed by atoms with Crippen LogP contribution in [0.4, 0.5) is 4.39 Å². The predicted octanol–water partition coefficient (Wildman–Crippen LogP) is 5.21. The van der Waals surface area contributed by atoms with E-state index in [9.17, 15) is 22.4 Å². The van der Waals surface area contributed by atoms with Gasteiger partial charge in [0.25, 0.3) is 15.6 Å². The average Bonchev–Trinajstić information content (AvgIpc) is 3.63. The number of aromatic nitrogens is 2. The second kappa shape index (κ2) is 9.64. The zero-order valence-corrected chi connectivity index (χ0v) is 22.2. The van der Waals surface area contributed by atoms with E-state index in [0.717, 1.165) is 59.6 Å². The van der Waals surface area contributed by atoms with E-state index in [1.807, 2.05) is 29.0 Å². The van der Waals surface area contributed by atoms with E-state index in [1.54, 1.807) is 11.4 Å². The van der Waals surface area contributed by atoms with E-state index in [4.69, 9.17) is 0 Å². The third-order valence-corrected chi connectivity index (χ3v) is 9.50. The van der Waals surface area contributed by atoms with Crippen molar-refractivity contribution in [1.82, 2.24) is 14.3 Å². The molecule has 7 nitrogen and oxygen atoms in total. The molecule has 0 spiro atoms. The van der Waals surface area contributed by atoms with Crippen molar-refractivity contribution in [2.45, 2.75) is 28.8 Å². The van der Waals surface area contributed by atoms with Gasteiger partial charge in [-0.1, -0.05) is 42.1 Å². The Morgan fingerprint density at radius 3 is 2.50 bits per heavy atom. The van der Waals surface area contributed by atoms with Gasteiger partial charge in [0, 0.05) is 5.39 Å². The molecule has 1 amide bonds. The van der Waals surface area contributed by atoms with Gasteiger partial charge in [-0.3, -0.25) is 14.2 Å². The Bertz CT molecular complexity index is 1880. The first kappa shape index (κ1) is 24.8. The molecule has 1 N–H and O–H groups in total. The van der Waals surface area contributed by atoms with Crippen molar-refractivity contribution in [2.24, 2.45) is 0 Å². The summed E-state index contributed by atoms with van der Waals surface area (Å²) in [6.45, 7) is 0. The van der Waals surface area contributed by atoms with Crippen molar-refractivity contribution in [3.8, 4) is 5.69 Å². The minimum Gasteiger partial charge on any atom is -0.273 e. The van der Waals surface area contributed by atoms with E-state index in [0.29, 0.717) is 21.8 Å². The highest BCUT2D eigenvalue weighted by atomic mass is 32.2. The lowest BCUT2D eigenvalue weighted by Gasteiger charge is -2.16. The van der Waals surface area contributed by atoms with Gasteiger partial charge in [-0.2, -0.15) is 0 Å². The minimum absolute atomic E-state index is 0.227. The van der Waals surface area contributed by atoms with Gasteiger partial charge >= 0.3 is 0 Å². The van der Waals surface area contributed by atoms with Crippen LogP contribution in [0.15, 0.2) is 87.0 Å². The lowest BCUT2D eigenvalue weighted by atomic mass is 9.99. The standard InChI is InChI=1S/C27H20FN3O4S3/c28-17-7-9-18(10-8-17)38(34,35)30-24(32)15-37-27-29-25-22(13-14-36-25)26(33)31(27)23-12-11-19(16-5-6-16)20-3-1-2-4-21(20)23/h1-4,7-14,16H,5-6,15H2,(H,30,32). The maximum atomic E-state index is 13.7. The zero-order chi connectivity index (χ0) is 26.4. The summed E-state index contributed by atoms with van der Waals surface area (Å²) in [5, 5.41) is 4.51. The highest BCUT2D eigenvalue weighted by Gasteiger charge is 2.27. The van der Waals surface area contributed by atoms with Crippen LogP contribution < -0.4 is 10.3 Å². The maximum Gasteiger partial charge on any atom is 0.267 e. The number of carbonyl (C=O) groups is 1. The molecular weight excluding hydrogens is 546 g/mol. The van der Waals surface area contributed by atoms with Crippen LogP contribution in [0, 0.1) is 5.82 Å². The van der Waals surface area contributed by atoms with Crippen molar-refractivity contribution in [3.05, 3.63) is 93.8 Å². The second-order valence-electron chi connectivity index (χ2n) is 8.94. The van der Waals surface area contributed by atoms with Crippen molar-refractivity contribution >= 4 is 60.0 Å². The van der Waals surface area contributed by atoms with E-state index in [2.05, 4.69) is 17.1 Å². The highest BCUT2D eigenvalue weighted by molar-refractivity contribution is 8.00. The number of benzene rings is 3. The molecule has 2 aromatic heterocycles. The van der Waals surface area contributed by atoms with Gasteiger partial charge in [-0.05, 0) is 71.5 Å². The van der Waals surface area contributed by atoms with Gasteiger partial charge in [0.1, 0.15) is 10.6 Å². The Morgan fingerprint density at radius 2 is 1.76 bits per heavy atom. The number of nitrogens with zero attached hydrogens (tertiary/aromatic N) is 2. The fourth-order valence-corrected chi connectivity index (χ4v) is 7.12. The summed E-state index contributed by atoms with van der Waals surface area (Å²) in [4.78, 5) is 31.3. The number of sulfonamides is 1. The smallest absolute Gasteiger partial charge is 0.267 e. The monoisotopic (exact) mass is 565 g/mol.